The van der Waals surface area contributed by atoms with Gasteiger partial charge >= 0.3 is 0 Å². The molecule has 0 unspecified atom stereocenters. The molecule has 2 rings (SSSR count). The van der Waals surface area contributed by atoms with E-state index in [-0.39, 0.29) is 12.0 Å². The Morgan fingerprint density at radius 1 is 1.37 bits per heavy atom. The predicted octanol–water partition coefficient (Wildman–Crippen LogP) is 2.69. The van der Waals surface area contributed by atoms with Crippen molar-refractivity contribution in [1.29, 1.82) is 0 Å². The third kappa shape index (κ3) is 3.61. The van der Waals surface area contributed by atoms with Crippen LogP contribution in [0.4, 0.5) is 11.4 Å². The monoisotopic (exact) mass is 328 g/mol. The maximum Gasteiger partial charge on any atom is 0.0589 e. The number of aliphatic hydroxyl groups excluding tert-OH is 1. The standard InChI is InChI=1S/C14H21BrN2O2/c1-10(2)17-13-5-11(15)3-4-12(13)16-6-14(7-18)8-19-9-14/h3-5,10,16-18H,6-9H2,1-2H3. The molecular formula is C14H21BrN2O2. The van der Waals surface area contributed by atoms with Crippen molar-refractivity contribution < 1.29 is 9.84 Å². The van der Waals surface area contributed by atoms with Crippen LogP contribution in [0.2, 0.25) is 0 Å². The first-order valence-electron chi connectivity index (χ1n) is 6.53. The topological polar surface area (TPSA) is 53.5 Å². The summed E-state index contributed by atoms with van der Waals surface area (Å²) in [5.41, 5.74) is 2.00. The van der Waals surface area contributed by atoms with Gasteiger partial charge in [0.2, 0.25) is 0 Å². The molecule has 0 bridgehead atoms. The zero-order valence-electron chi connectivity index (χ0n) is 11.4. The highest BCUT2D eigenvalue weighted by Gasteiger charge is 2.37. The van der Waals surface area contributed by atoms with E-state index < -0.39 is 0 Å². The molecule has 1 heterocycles. The summed E-state index contributed by atoms with van der Waals surface area (Å²) < 4.78 is 6.25. The Kier molecular flexibility index (Phi) is 4.71. The maximum atomic E-state index is 9.43. The highest BCUT2D eigenvalue weighted by Crippen LogP contribution is 2.31. The van der Waals surface area contributed by atoms with Crippen LogP contribution in [0.25, 0.3) is 0 Å². The van der Waals surface area contributed by atoms with E-state index in [9.17, 15) is 5.11 Å². The molecule has 3 N–H and O–H groups in total. The molecule has 19 heavy (non-hydrogen) atoms. The lowest BCUT2D eigenvalue weighted by atomic mass is 9.87. The number of halogens is 1. The maximum absolute atomic E-state index is 9.43. The van der Waals surface area contributed by atoms with Crippen LogP contribution in [0.3, 0.4) is 0 Å². The smallest absolute Gasteiger partial charge is 0.0589 e. The van der Waals surface area contributed by atoms with E-state index in [1.807, 2.05) is 12.1 Å². The van der Waals surface area contributed by atoms with Crippen molar-refractivity contribution in [2.75, 3.05) is 37.0 Å². The van der Waals surface area contributed by atoms with E-state index in [0.717, 1.165) is 22.4 Å². The van der Waals surface area contributed by atoms with Gasteiger partial charge in [0.25, 0.3) is 0 Å². The van der Waals surface area contributed by atoms with Crippen LogP contribution < -0.4 is 10.6 Å². The van der Waals surface area contributed by atoms with Crippen molar-refractivity contribution in [1.82, 2.24) is 0 Å². The van der Waals surface area contributed by atoms with E-state index in [2.05, 4.69) is 46.5 Å². The average Bonchev–Trinajstić information content (AvgIpc) is 2.30. The molecule has 106 valence electrons. The lowest BCUT2D eigenvalue weighted by Gasteiger charge is -2.40. The van der Waals surface area contributed by atoms with Crippen molar-refractivity contribution in [3.63, 3.8) is 0 Å². The van der Waals surface area contributed by atoms with Gasteiger partial charge in [-0.25, -0.2) is 0 Å². The molecule has 1 aromatic carbocycles. The molecule has 1 aliphatic heterocycles. The molecule has 5 heteroatoms. The fourth-order valence-electron chi connectivity index (χ4n) is 2.02. The number of hydrogen-bond donors (Lipinski definition) is 3. The van der Waals surface area contributed by atoms with Crippen molar-refractivity contribution in [2.24, 2.45) is 5.41 Å². The number of nitrogens with one attached hydrogen (secondary N) is 2. The Labute approximate surface area is 122 Å². The largest absolute Gasteiger partial charge is 0.396 e. The molecule has 0 spiro atoms. The third-order valence-electron chi connectivity index (χ3n) is 3.23. The minimum Gasteiger partial charge on any atom is -0.396 e. The molecule has 1 fully saturated rings. The molecule has 0 atom stereocenters. The number of ether oxygens (including phenoxy) is 1. The summed E-state index contributed by atoms with van der Waals surface area (Å²) in [5, 5.41) is 16.3. The van der Waals surface area contributed by atoms with Crippen molar-refractivity contribution >= 4 is 27.3 Å². The Bertz CT molecular complexity index is 428. The number of benzene rings is 1. The number of aliphatic hydroxyl groups is 1. The zero-order chi connectivity index (χ0) is 13.9. The first kappa shape index (κ1) is 14.6. The average molecular weight is 329 g/mol. The van der Waals surface area contributed by atoms with Crippen LogP contribution in [-0.2, 0) is 4.74 Å². The van der Waals surface area contributed by atoms with Gasteiger partial charge in [0.05, 0.1) is 36.6 Å². The van der Waals surface area contributed by atoms with Crippen molar-refractivity contribution in [2.45, 2.75) is 19.9 Å². The first-order chi connectivity index (χ1) is 9.04. The van der Waals surface area contributed by atoms with E-state index in [4.69, 9.17) is 4.74 Å². The molecule has 0 saturated carbocycles. The second-order valence-electron chi connectivity index (χ2n) is 5.49. The minimum atomic E-state index is -0.123. The van der Waals surface area contributed by atoms with Gasteiger partial charge in [-0.05, 0) is 32.0 Å². The lowest BCUT2D eigenvalue weighted by molar-refractivity contribution is -0.128. The van der Waals surface area contributed by atoms with Crippen molar-refractivity contribution in [3.8, 4) is 0 Å². The summed E-state index contributed by atoms with van der Waals surface area (Å²) in [4.78, 5) is 0. The van der Waals surface area contributed by atoms with Crippen molar-refractivity contribution in [3.05, 3.63) is 22.7 Å². The fraction of sp³-hybridized carbons (Fsp3) is 0.571. The Morgan fingerprint density at radius 3 is 2.63 bits per heavy atom. The highest BCUT2D eigenvalue weighted by molar-refractivity contribution is 9.10. The van der Waals surface area contributed by atoms with E-state index in [1.54, 1.807) is 0 Å². The Morgan fingerprint density at radius 2 is 2.11 bits per heavy atom. The molecule has 0 aromatic heterocycles. The van der Waals surface area contributed by atoms with Gasteiger partial charge in [0.15, 0.2) is 0 Å². The van der Waals surface area contributed by atoms with E-state index >= 15 is 0 Å². The molecule has 0 radical (unpaired) electrons. The predicted molar refractivity (Wildman–Crippen MR) is 81.7 cm³/mol. The molecular weight excluding hydrogens is 308 g/mol. The van der Waals surface area contributed by atoms with Gasteiger partial charge in [0.1, 0.15) is 0 Å². The summed E-state index contributed by atoms with van der Waals surface area (Å²) in [6, 6.07) is 6.48. The summed E-state index contributed by atoms with van der Waals surface area (Å²) in [7, 11) is 0. The summed E-state index contributed by atoms with van der Waals surface area (Å²) >= 11 is 3.49. The molecule has 0 amide bonds. The fourth-order valence-corrected chi connectivity index (χ4v) is 2.38. The van der Waals surface area contributed by atoms with Gasteiger partial charge in [-0.3, -0.25) is 0 Å². The van der Waals surface area contributed by atoms with E-state index in [1.165, 1.54) is 0 Å². The quantitative estimate of drug-likeness (QED) is 0.751. The molecule has 0 aliphatic carbocycles. The normalized spacial score (nSPS) is 17.1. The van der Waals surface area contributed by atoms with Gasteiger partial charge < -0.3 is 20.5 Å². The second-order valence-corrected chi connectivity index (χ2v) is 6.41. The van der Waals surface area contributed by atoms with Gasteiger partial charge in [-0.15, -0.1) is 0 Å². The zero-order valence-corrected chi connectivity index (χ0v) is 13.0. The SMILES string of the molecule is CC(C)Nc1cc(Br)ccc1NCC1(CO)COC1. The van der Waals surface area contributed by atoms with E-state index in [0.29, 0.717) is 19.3 Å². The van der Waals surface area contributed by atoms with Gasteiger partial charge in [-0.1, -0.05) is 15.9 Å². The molecule has 4 nitrogen and oxygen atoms in total. The molecule has 1 saturated heterocycles. The molecule has 1 aromatic rings. The van der Waals surface area contributed by atoms with Crippen LogP contribution in [0.5, 0.6) is 0 Å². The van der Waals surface area contributed by atoms with Crippen LogP contribution in [-0.4, -0.2) is 37.5 Å². The van der Waals surface area contributed by atoms with Gasteiger partial charge in [-0.2, -0.15) is 0 Å². The number of hydrogen-bond acceptors (Lipinski definition) is 4. The molecule has 1 aliphatic rings. The second kappa shape index (κ2) is 6.11. The highest BCUT2D eigenvalue weighted by atomic mass is 79.9. The van der Waals surface area contributed by atoms with Crippen LogP contribution in [0.15, 0.2) is 22.7 Å². The van der Waals surface area contributed by atoms with Crippen LogP contribution >= 0.6 is 15.9 Å². The summed E-state index contributed by atoms with van der Waals surface area (Å²) in [6.45, 7) is 6.35. The number of anilines is 2. The van der Waals surface area contributed by atoms with Crippen LogP contribution in [0.1, 0.15) is 13.8 Å². The van der Waals surface area contributed by atoms with Gasteiger partial charge in [0, 0.05) is 17.1 Å². The number of rotatable bonds is 6. The third-order valence-corrected chi connectivity index (χ3v) is 3.72. The summed E-state index contributed by atoms with van der Waals surface area (Å²) in [6.07, 6.45) is 0. The lowest BCUT2D eigenvalue weighted by Crippen LogP contribution is -2.50. The minimum absolute atomic E-state index is 0.123. The van der Waals surface area contributed by atoms with Crippen LogP contribution in [0, 0.1) is 5.41 Å². The first-order valence-corrected chi connectivity index (χ1v) is 7.32. The Balaban J connectivity index is 2.06. The Hall–Kier alpha value is -0.780. The summed E-state index contributed by atoms with van der Waals surface area (Å²) in [5.74, 6) is 0.